The lowest BCUT2D eigenvalue weighted by Gasteiger charge is -2.08. The van der Waals surface area contributed by atoms with Gasteiger partial charge in [0, 0.05) is 11.1 Å². The third-order valence-electron chi connectivity index (χ3n) is 2.76. The topological polar surface area (TPSA) is 139 Å². The summed E-state index contributed by atoms with van der Waals surface area (Å²) in [5.74, 6) is -3.12. The van der Waals surface area contributed by atoms with Gasteiger partial charge in [-0.2, -0.15) is 0 Å². The van der Waals surface area contributed by atoms with Crippen LogP contribution in [-0.2, 0) is 0 Å². The van der Waals surface area contributed by atoms with Gasteiger partial charge in [-0.25, -0.2) is 0 Å². The summed E-state index contributed by atoms with van der Waals surface area (Å²) in [6, 6.07) is 6.83. The van der Waals surface area contributed by atoms with Crippen LogP contribution in [0.3, 0.4) is 0 Å². The SMILES string of the molecule is O=C(NNC(=O)c1ccc(O)c(O)c1)c1ccc(O)c(O)c1. The van der Waals surface area contributed by atoms with Crippen LogP contribution in [0.1, 0.15) is 20.7 Å². The molecule has 0 aromatic heterocycles. The Balaban J connectivity index is 2.02. The minimum Gasteiger partial charge on any atom is -0.504 e. The highest BCUT2D eigenvalue weighted by atomic mass is 16.3. The largest absolute Gasteiger partial charge is 0.504 e. The number of carbonyl (C=O) groups excluding carboxylic acids is 2. The normalized spacial score (nSPS) is 10.0. The maximum absolute atomic E-state index is 11.8. The van der Waals surface area contributed by atoms with Gasteiger partial charge in [-0.1, -0.05) is 0 Å². The fourth-order valence-electron chi connectivity index (χ4n) is 1.59. The van der Waals surface area contributed by atoms with Crippen molar-refractivity contribution in [3.8, 4) is 23.0 Å². The Morgan fingerprint density at radius 1 is 0.636 bits per heavy atom. The molecule has 0 unspecified atom stereocenters. The van der Waals surface area contributed by atoms with Gasteiger partial charge in [0.25, 0.3) is 11.8 Å². The Hall–Kier alpha value is -3.42. The summed E-state index contributed by atoms with van der Waals surface area (Å²) in [5.41, 5.74) is 4.24. The van der Waals surface area contributed by atoms with Crippen molar-refractivity contribution in [2.75, 3.05) is 0 Å². The molecule has 0 saturated carbocycles. The van der Waals surface area contributed by atoms with Crippen LogP contribution in [0.25, 0.3) is 0 Å². The maximum Gasteiger partial charge on any atom is 0.269 e. The van der Waals surface area contributed by atoms with Gasteiger partial charge in [-0.15, -0.1) is 0 Å². The molecule has 22 heavy (non-hydrogen) atoms. The quantitative estimate of drug-likeness (QED) is 0.354. The van der Waals surface area contributed by atoms with Crippen LogP contribution in [0.2, 0.25) is 0 Å². The van der Waals surface area contributed by atoms with Gasteiger partial charge in [0.15, 0.2) is 23.0 Å². The van der Waals surface area contributed by atoms with Crippen molar-refractivity contribution in [2.45, 2.75) is 0 Å². The molecule has 2 aromatic rings. The highest BCUT2D eigenvalue weighted by molar-refractivity contribution is 5.99. The first-order chi connectivity index (χ1) is 10.4. The number of hydrogen-bond acceptors (Lipinski definition) is 6. The molecule has 2 rings (SSSR count). The van der Waals surface area contributed by atoms with E-state index in [2.05, 4.69) is 10.9 Å². The van der Waals surface area contributed by atoms with Crippen molar-refractivity contribution in [2.24, 2.45) is 0 Å². The molecule has 6 N–H and O–H groups in total. The molecular formula is C14H12N2O6. The number of amides is 2. The number of carbonyl (C=O) groups is 2. The second kappa shape index (κ2) is 5.92. The second-order valence-electron chi connectivity index (χ2n) is 4.32. The molecular weight excluding hydrogens is 292 g/mol. The van der Waals surface area contributed by atoms with Crippen LogP contribution in [-0.4, -0.2) is 32.2 Å². The highest BCUT2D eigenvalue weighted by Gasteiger charge is 2.12. The number of benzene rings is 2. The monoisotopic (exact) mass is 304 g/mol. The lowest BCUT2D eigenvalue weighted by atomic mass is 10.2. The van der Waals surface area contributed by atoms with Gasteiger partial charge >= 0.3 is 0 Å². The predicted octanol–water partition coefficient (Wildman–Crippen LogP) is 0.584. The first kappa shape index (κ1) is 15.0. The lowest BCUT2D eigenvalue weighted by Crippen LogP contribution is -2.41. The minimum absolute atomic E-state index is 0.0177. The molecule has 0 fully saturated rings. The van der Waals surface area contributed by atoms with E-state index in [9.17, 15) is 19.8 Å². The van der Waals surface area contributed by atoms with Gasteiger partial charge in [0.1, 0.15) is 0 Å². The summed E-state index contributed by atoms with van der Waals surface area (Å²) < 4.78 is 0. The third-order valence-corrected chi connectivity index (χ3v) is 2.76. The van der Waals surface area contributed by atoms with Crippen molar-refractivity contribution >= 4 is 11.8 Å². The van der Waals surface area contributed by atoms with Crippen molar-refractivity contribution in [3.63, 3.8) is 0 Å². The Bertz CT molecular complexity index is 681. The number of nitrogens with one attached hydrogen (secondary N) is 2. The molecule has 0 bridgehead atoms. The van der Waals surface area contributed by atoms with E-state index in [0.717, 1.165) is 24.3 Å². The summed E-state index contributed by atoms with van der Waals surface area (Å²) in [4.78, 5) is 23.5. The second-order valence-corrected chi connectivity index (χ2v) is 4.32. The van der Waals surface area contributed by atoms with Crippen LogP contribution in [0.5, 0.6) is 23.0 Å². The molecule has 8 nitrogen and oxygen atoms in total. The summed E-state index contributed by atoms with van der Waals surface area (Å²) >= 11 is 0. The van der Waals surface area contributed by atoms with Gasteiger partial charge in [0.2, 0.25) is 0 Å². The highest BCUT2D eigenvalue weighted by Crippen LogP contribution is 2.25. The zero-order chi connectivity index (χ0) is 16.3. The van der Waals surface area contributed by atoms with E-state index < -0.39 is 23.3 Å². The zero-order valence-corrected chi connectivity index (χ0v) is 11.1. The Kier molecular flexibility index (Phi) is 4.03. The molecule has 0 heterocycles. The molecule has 114 valence electrons. The van der Waals surface area contributed by atoms with E-state index in [4.69, 9.17) is 10.2 Å². The van der Waals surface area contributed by atoms with Gasteiger partial charge < -0.3 is 20.4 Å². The Labute approximate surface area is 124 Å². The smallest absolute Gasteiger partial charge is 0.269 e. The molecule has 0 atom stereocenters. The van der Waals surface area contributed by atoms with Crippen LogP contribution in [0, 0.1) is 0 Å². The number of phenolic OH excluding ortho intramolecular Hbond substituents is 4. The fraction of sp³-hybridized carbons (Fsp3) is 0. The van der Waals surface area contributed by atoms with Crippen LogP contribution in [0.4, 0.5) is 0 Å². The molecule has 0 aliphatic heterocycles. The molecule has 0 aliphatic rings. The summed E-state index contributed by atoms with van der Waals surface area (Å²) in [6.45, 7) is 0. The summed E-state index contributed by atoms with van der Waals surface area (Å²) in [6.07, 6.45) is 0. The van der Waals surface area contributed by atoms with E-state index >= 15 is 0 Å². The molecule has 0 radical (unpaired) electrons. The predicted molar refractivity (Wildman–Crippen MR) is 74.5 cm³/mol. The lowest BCUT2D eigenvalue weighted by molar-refractivity contribution is 0.0846. The third kappa shape index (κ3) is 3.18. The Morgan fingerprint density at radius 3 is 1.32 bits per heavy atom. The Morgan fingerprint density at radius 2 is 1.00 bits per heavy atom. The molecule has 0 spiro atoms. The molecule has 0 aliphatic carbocycles. The van der Waals surface area contributed by atoms with Gasteiger partial charge in [0.05, 0.1) is 0 Å². The standard InChI is InChI=1S/C14H12N2O6/c17-9-3-1-7(5-11(9)19)13(21)15-16-14(22)8-2-4-10(18)12(20)6-8/h1-6,17-20H,(H,15,21)(H,16,22). The van der Waals surface area contributed by atoms with Crippen LogP contribution >= 0.6 is 0 Å². The van der Waals surface area contributed by atoms with Crippen molar-refractivity contribution in [3.05, 3.63) is 47.5 Å². The molecule has 8 heteroatoms. The van der Waals surface area contributed by atoms with Gasteiger partial charge in [-0.05, 0) is 36.4 Å². The number of hydrogen-bond donors (Lipinski definition) is 6. The fourth-order valence-corrected chi connectivity index (χ4v) is 1.59. The first-order valence-corrected chi connectivity index (χ1v) is 6.03. The van der Waals surface area contributed by atoms with Crippen molar-refractivity contribution in [1.29, 1.82) is 0 Å². The maximum atomic E-state index is 11.8. The molecule has 2 aromatic carbocycles. The first-order valence-electron chi connectivity index (χ1n) is 6.03. The van der Waals surface area contributed by atoms with Crippen LogP contribution < -0.4 is 10.9 Å². The van der Waals surface area contributed by atoms with E-state index in [1.807, 2.05) is 0 Å². The zero-order valence-electron chi connectivity index (χ0n) is 11.1. The number of aromatic hydroxyl groups is 4. The van der Waals surface area contributed by atoms with Crippen molar-refractivity contribution < 1.29 is 30.0 Å². The summed E-state index contributed by atoms with van der Waals surface area (Å²) in [7, 11) is 0. The number of hydrazine groups is 1. The number of rotatable bonds is 2. The van der Waals surface area contributed by atoms with E-state index in [0.29, 0.717) is 0 Å². The number of phenols is 4. The summed E-state index contributed by atoms with van der Waals surface area (Å²) in [5, 5.41) is 36.9. The van der Waals surface area contributed by atoms with E-state index in [1.165, 1.54) is 12.1 Å². The average Bonchev–Trinajstić information content (AvgIpc) is 2.50. The average molecular weight is 304 g/mol. The molecule has 0 saturated heterocycles. The van der Waals surface area contributed by atoms with E-state index in [1.54, 1.807) is 0 Å². The minimum atomic E-state index is -0.716. The van der Waals surface area contributed by atoms with Crippen LogP contribution in [0.15, 0.2) is 36.4 Å². The van der Waals surface area contributed by atoms with Gasteiger partial charge in [-0.3, -0.25) is 20.4 Å². The molecule has 2 amide bonds. The van der Waals surface area contributed by atoms with E-state index in [-0.39, 0.29) is 22.6 Å². The van der Waals surface area contributed by atoms with Crippen molar-refractivity contribution in [1.82, 2.24) is 10.9 Å².